The first kappa shape index (κ1) is 9.69. The van der Waals surface area contributed by atoms with E-state index in [1.807, 2.05) is 0 Å². The molecule has 78 valence electrons. The van der Waals surface area contributed by atoms with Gasteiger partial charge < -0.3 is 5.11 Å². The van der Waals surface area contributed by atoms with Crippen molar-refractivity contribution in [3.05, 3.63) is 0 Å². The zero-order valence-corrected chi connectivity index (χ0v) is 8.29. The Bertz CT molecular complexity index is 272. The van der Waals surface area contributed by atoms with Gasteiger partial charge >= 0.3 is 5.97 Å². The van der Waals surface area contributed by atoms with Gasteiger partial charge in [-0.1, -0.05) is 19.3 Å². The lowest BCUT2D eigenvalue weighted by Crippen LogP contribution is -2.34. The standard InChI is InChI=1S/C11H16O3/c12-9-6-8-4-2-1-3-5-11(8,7-9)10(13)14/h8H,1-7H2,(H,13,14). The summed E-state index contributed by atoms with van der Waals surface area (Å²) in [6, 6.07) is 0. The Morgan fingerprint density at radius 3 is 2.86 bits per heavy atom. The van der Waals surface area contributed by atoms with E-state index in [1.54, 1.807) is 0 Å². The van der Waals surface area contributed by atoms with E-state index in [9.17, 15) is 14.7 Å². The van der Waals surface area contributed by atoms with Crippen LogP contribution in [0.15, 0.2) is 0 Å². The smallest absolute Gasteiger partial charge is 0.310 e. The molecule has 2 rings (SSSR count). The lowest BCUT2D eigenvalue weighted by molar-refractivity contribution is -0.152. The fourth-order valence-electron chi connectivity index (χ4n) is 3.07. The molecule has 0 spiro atoms. The minimum absolute atomic E-state index is 0.120. The molecule has 0 aliphatic heterocycles. The van der Waals surface area contributed by atoms with Crippen molar-refractivity contribution in [2.45, 2.75) is 44.9 Å². The molecule has 2 saturated carbocycles. The number of hydrogen-bond acceptors (Lipinski definition) is 2. The molecule has 1 N–H and O–H groups in total. The summed E-state index contributed by atoms with van der Waals surface area (Å²) >= 11 is 0. The number of carbonyl (C=O) groups excluding carboxylic acids is 1. The van der Waals surface area contributed by atoms with Crippen LogP contribution < -0.4 is 0 Å². The van der Waals surface area contributed by atoms with Crippen LogP contribution >= 0.6 is 0 Å². The molecule has 0 aromatic rings. The Hall–Kier alpha value is -0.860. The van der Waals surface area contributed by atoms with Gasteiger partial charge in [0.2, 0.25) is 0 Å². The van der Waals surface area contributed by atoms with Crippen LogP contribution in [-0.2, 0) is 9.59 Å². The van der Waals surface area contributed by atoms with Gasteiger partial charge in [0.05, 0.1) is 5.41 Å². The first-order chi connectivity index (χ1) is 6.65. The van der Waals surface area contributed by atoms with Crippen LogP contribution in [0.1, 0.15) is 44.9 Å². The van der Waals surface area contributed by atoms with E-state index >= 15 is 0 Å². The Balaban J connectivity index is 2.29. The summed E-state index contributed by atoms with van der Waals surface area (Å²) in [6.07, 6.45) is 5.61. The maximum Gasteiger partial charge on any atom is 0.310 e. The zero-order chi connectivity index (χ0) is 10.2. The van der Waals surface area contributed by atoms with Gasteiger partial charge in [0, 0.05) is 12.8 Å². The molecule has 0 radical (unpaired) electrons. The molecule has 3 heteroatoms. The first-order valence-corrected chi connectivity index (χ1v) is 5.40. The lowest BCUT2D eigenvalue weighted by atomic mass is 9.74. The number of carboxylic acid groups (broad SMARTS) is 1. The van der Waals surface area contributed by atoms with Crippen molar-refractivity contribution in [2.24, 2.45) is 11.3 Å². The van der Waals surface area contributed by atoms with Crippen molar-refractivity contribution >= 4 is 11.8 Å². The predicted octanol–water partition coefficient (Wildman–Crippen LogP) is 2.00. The molecule has 0 bridgehead atoms. The average Bonchev–Trinajstić information content (AvgIpc) is 2.30. The van der Waals surface area contributed by atoms with Crippen molar-refractivity contribution in [3.8, 4) is 0 Å². The van der Waals surface area contributed by atoms with E-state index in [2.05, 4.69) is 0 Å². The topological polar surface area (TPSA) is 54.4 Å². The molecule has 2 aliphatic carbocycles. The number of carbonyl (C=O) groups is 2. The van der Waals surface area contributed by atoms with E-state index in [1.165, 1.54) is 0 Å². The number of Topliss-reactive ketones (excluding diaryl/α,β-unsaturated/α-hetero) is 1. The molecule has 0 amide bonds. The van der Waals surface area contributed by atoms with E-state index in [-0.39, 0.29) is 18.1 Å². The van der Waals surface area contributed by atoms with Crippen LogP contribution in [0.4, 0.5) is 0 Å². The first-order valence-electron chi connectivity index (χ1n) is 5.40. The van der Waals surface area contributed by atoms with Gasteiger partial charge in [0.1, 0.15) is 5.78 Å². The second kappa shape index (κ2) is 3.37. The maximum absolute atomic E-state index is 11.4. The SMILES string of the molecule is O=C1CC2CCCCCC2(C(=O)O)C1. The van der Waals surface area contributed by atoms with Gasteiger partial charge in [-0.2, -0.15) is 0 Å². The van der Waals surface area contributed by atoms with Crippen molar-refractivity contribution in [2.75, 3.05) is 0 Å². The number of hydrogen-bond donors (Lipinski definition) is 1. The highest BCUT2D eigenvalue weighted by atomic mass is 16.4. The van der Waals surface area contributed by atoms with Crippen molar-refractivity contribution < 1.29 is 14.7 Å². The number of rotatable bonds is 1. The molecule has 3 nitrogen and oxygen atoms in total. The second-order valence-electron chi connectivity index (χ2n) is 4.68. The predicted molar refractivity (Wildman–Crippen MR) is 50.9 cm³/mol. The summed E-state index contributed by atoms with van der Waals surface area (Å²) < 4.78 is 0. The molecule has 0 saturated heterocycles. The molecule has 2 atom stereocenters. The maximum atomic E-state index is 11.4. The molecular weight excluding hydrogens is 180 g/mol. The van der Waals surface area contributed by atoms with E-state index in [4.69, 9.17) is 0 Å². The molecule has 2 aliphatic rings. The largest absolute Gasteiger partial charge is 0.481 e. The fourth-order valence-corrected chi connectivity index (χ4v) is 3.07. The van der Waals surface area contributed by atoms with Crippen LogP contribution in [0.3, 0.4) is 0 Å². The fraction of sp³-hybridized carbons (Fsp3) is 0.818. The molecule has 0 heterocycles. The molecule has 0 aromatic heterocycles. The van der Waals surface area contributed by atoms with Gasteiger partial charge in [-0.25, -0.2) is 0 Å². The highest BCUT2D eigenvalue weighted by Crippen LogP contribution is 2.49. The van der Waals surface area contributed by atoms with E-state index in [0.717, 1.165) is 25.7 Å². The minimum Gasteiger partial charge on any atom is -0.481 e. The number of fused-ring (bicyclic) bond motifs is 1. The summed E-state index contributed by atoms with van der Waals surface area (Å²) in [7, 11) is 0. The van der Waals surface area contributed by atoms with Crippen LogP contribution in [0, 0.1) is 11.3 Å². The number of carboxylic acids is 1. The Labute approximate surface area is 83.5 Å². The molecular formula is C11H16O3. The van der Waals surface area contributed by atoms with Gasteiger partial charge in [-0.05, 0) is 18.8 Å². The quantitative estimate of drug-likeness (QED) is 0.697. The summed E-state index contributed by atoms with van der Waals surface area (Å²) in [4.78, 5) is 22.7. The summed E-state index contributed by atoms with van der Waals surface area (Å²) in [5, 5.41) is 9.29. The summed E-state index contributed by atoms with van der Waals surface area (Å²) in [6.45, 7) is 0. The Morgan fingerprint density at radius 2 is 2.14 bits per heavy atom. The highest BCUT2D eigenvalue weighted by Gasteiger charge is 2.52. The van der Waals surface area contributed by atoms with Crippen LogP contribution in [0.5, 0.6) is 0 Å². The summed E-state index contributed by atoms with van der Waals surface area (Å²) in [5.74, 6) is -0.468. The third-order valence-electron chi connectivity index (χ3n) is 3.87. The molecule has 0 aromatic carbocycles. The zero-order valence-electron chi connectivity index (χ0n) is 8.29. The van der Waals surface area contributed by atoms with Gasteiger partial charge in [-0.3, -0.25) is 9.59 Å². The Morgan fingerprint density at radius 1 is 1.36 bits per heavy atom. The second-order valence-corrected chi connectivity index (χ2v) is 4.68. The average molecular weight is 196 g/mol. The van der Waals surface area contributed by atoms with Crippen LogP contribution in [-0.4, -0.2) is 16.9 Å². The van der Waals surface area contributed by atoms with Crippen molar-refractivity contribution in [3.63, 3.8) is 0 Å². The minimum atomic E-state index is -0.741. The van der Waals surface area contributed by atoms with Crippen molar-refractivity contribution in [1.82, 2.24) is 0 Å². The number of ketones is 1. The van der Waals surface area contributed by atoms with Gasteiger partial charge in [0.25, 0.3) is 0 Å². The number of aliphatic carboxylic acids is 1. The van der Waals surface area contributed by atoms with Crippen molar-refractivity contribution in [1.29, 1.82) is 0 Å². The lowest BCUT2D eigenvalue weighted by Gasteiger charge is -2.28. The third-order valence-corrected chi connectivity index (χ3v) is 3.87. The summed E-state index contributed by atoms with van der Waals surface area (Å²) in [5.41, 5.74) is -0.687. The highest BCUT2D eigenvalue weighted by molar-refractivity contribution is 5.90. The van der Waals surface area contributed by atoms with Gasteiger partial charge in [0.15, 0.2) is 0 Å². The Kier molecular flexibility index (Phi) is 2.33. The van der Waals surface area contributed by atoms with E-state index < -0.39 is 11.4 Å². The monoisotopic (exact) mass is 196 g/mol. The molecule has 2 unspecified atom stereocenters. The van der Waals surface area contributed by atoms with Crippen LogP contribution in [0.25, 0.3) is 0 Å². The molecule has 14 heavy (non-hydrogen) atoms. The third kappa shape index (κ3) is 1.35. The van der Waals surface area contributed by atoms with Crippen LogP contribution in [0.2, 0.25) is 0 Å². The van der Waals surface area contributed by atoms with E-state index in [0.29, 0.717) is 12.8 Å². The normalized spacial score (nSPS) is 37.7. The molecule has 2 fully saturated rings. The van der Waals surface area contributed by atoms with Gasteiger partial charge in [-0.15, -0.1) is 0 Å².